The van der Waals surface area contributed by atoms with Gasteiger partial charge in [0, 0.05) is 31.6 Å². The number of aromatic nitrogens is 1. The van der Waals surface area contributed by atoms with Crippen molar-refractivity contribution in [1.82, 2.24) is 9.47 Å². The Balaban J connectivity index is 1.64. The van der Waals surface area contributed by atoms with Gasteiger partial charge in [0.1, 0.15) is 0 Å². The molecular formula is C15H19N3O3S. The number of carbonyl (C=O) groups excluding carboxylic acids is 3. The SMILES string of the molecule is Cn1ccsc1=NC(=O)CCN1C(=O)C2CCCCC2C1=O. The second kappa shape index (κ2) is 6.16. The van der Waals surface area contributed by atoms with E-state index in [4.69, 9.17) is 0 Å². The summed E-state index contributed by atoms with van der Waals surface area (Å²) >= 11 is 1.38. The number of nitrogens with zero attached hydrogens (tertiary/aromatic N) is 3. The fraction of sp³-hybridized carbons (Fsp3) is 0.600. The number of carbonyl (C=O) groups is 3. The van der Waals surface area contributed by atoms with E-state index < -0.39 is 0 Å². The average Bonchev–Trinajstić information content (AvgIpc) is 3.01. The summed E-state index contributed by atoms with van der Waals surface area (Å²) in [4.78, 5) is 42.4. The van der Waals surface area contributed by atoms with Crippen LogP contribution in [0.1, 0.15) is 32.1 Å². The van der Waals surface area contributed by atoms with Crippen molar-refractivity contribution in [1.29, 1.82) is 0 Å². The molecule has 1 aromatic rings. The topological polar surface area (TPSA) is 71.7 Å². The van der Waals surface area contributed by atoms with Gasteiger partial charge in [-0.2, -0.15) is 4.99 Å². The van der Waals surface area contributed by atoms with Crippen molar-refractivity contribution in [3.05, 3.63) is 16.4 Å². The fourth-order valence-electron chi connectivity index (χ4n) is 3.26. The minimum Gasteiger partial charge on any atom is -0.327 e. The first-order valence-corrected chi connectivity index (χ1v) is 8.49. The van der Waals surface area contributed by atoms with Crippen molar-refractivity contribution >= 4 is 29.1 Å². The Kier molecular flexibility index (Phi) is 4.24. The number of fused-ring (bicyclic) bond motifs is 1. The number of likely N-dealkylation sites (tertiary alicyclic amines) is 1. The first-order valence-electron chi connectivity index (χ1n) is 7.61. The van der Waals surface area contributed by atoms with E-state index in [0.717, 1.165) is 25.7 Å². The molecule has 1 aliphatic heterocycles. The Morgan fingerprint density at radius 2 is 1.91 bits per heavy atom. The van der Waals surface area contributed by atoms with Gasteiger partial charge >= 0.3 is 0 Å². The summed E-state index contributed by atoms with van der Waals surface area (Å²) in [5.41, 5.74) is 0. The highest BCUT2D eigenvalue weighted by atomic mass is 32.1. The van der Waals surface area contributed by atoms with Crippen LogP contribution < -0.4 is 4.80 Å². The van der Waals surface area contributed by atoms with Gasteiger partial charge in [-0.3, -0.25) is 19.3 Å². The maximum atomic E-state index is 12.3. The summed E-state index contributed by atoms with van der Waals surface area (Å²) in [5, 5.41) is 1.85. The van der Waals surface area contributed by atoms with E-state index in [9.17, 15) is 14.4 Å². The van der Waals surface area contributed by atoms with Crippen molar-refractivity contribution < 1.29 is 14.4 Å². The smallest absolute Gasteiger partial charge is 0.250 e. The number of imide groups is 1. The molecule has 118 valence electrons. The van der Waals surface area contributed by atoms with E-state index in [1.807, 2.05) is 18.6 Å². The maximum Gasteiger partial charge on any atom is 0.250 e. The molecule has 2 unspecified atom stereocenters. The van der Waals surface area contributed by atoms with Gasteiger partial charge in [0.05, 0.1) is 11.8 Å². The molecule has 1 saturated heterocycles. The van der Waals surface area contributed by atoms with Gasteiger partial charge in [-0.15, -0.1) is 11.3 Å². The van der Waals surface area contributed by atoms with Crippen molar-refractivity contribution in [2.75, 3.05) is 6.54 Å². The number of aryl methyl sites for hydroxylation is 1. The molecule has 1 aliphatic carbocycles. The van der Waals surface area contributed by atoms with Crippen molar-refractivity contribution in [3.8, 4) is 0 Å². The molecular weight excluding hydrogens is 302 g/mol. The van der Waals surface area contributed by atoms with E-state index in [2.05, 4.69) is 4.99 Å². The third-order valence-electron chi connectivity index (χ3n) is 4.46. The van der Waals surface area contributed by atoms with Crippen LogP contribution in [0.5, 0.6) is 0 Å². The van der Waals surface area contributed by atoms with Gasteiger partial charge in [0.15, 0.2) is 4.80 Å². The highest BCUT2D eigenvalue weighted by molar-refractivity contribution is 7.07. The molecule has 3 rings (SSSR count). The third-order valence-corrected chi connectivity index (χ3v) is 5.31. The number of thiazole rings is 1. The highest BCUT2D eigenvalue weighted by Crippen LogP contribution is 2.37. The monoisotopic (exact) mass is 321 g/mol. The predicted molar refractivity (Wildman–Crippen MR) is 80.6 cm³/mol. The summed E-state index contributed by atoms with van der Waals surface area (Å²) in [6, 6.07) is 0. The predicted octanol–water partition coefficient (Wildman–Crippen LogP) is 1.08. The summed E-state index contributed by atoms with van der Waals surface area (Å²) in [6.45, 7) is 0.155. The minimum absolute atomic E-state index is 0.0921. The number of hydrogen-bond acceptors (Lipinski definition) is 4. The fourth-order valence-corrected chi connectivity index (χ4v) is 4.00. The van der Waals surface area contributed by atoms with E-state index in [1.165, 1.54) is 16.2 Å². The zero-order chi connectivity index (χ0) is 15.7. The van der Waals surface area contributed by atoms with Crippen LogP contribution in [0, 0.1) is 11.8 Å². The summed E-state index contributed by atoms with van der Waals surface area (Å²) in [6.07, 6.45) is 5.54. The van der Waals surface area contributed by atoms with Crippen LogP contribution in [0.4, 0.5) is 0 Å². The van der Waals surface area contributed by atoms with Gasteiger partial charge < -0.3 is 4.57 Å². The zero-order valence-corrected chi connectivity index (χ0v) is 13.3. The molecule has 1 aromatic heterocycles. The summed E-state index contributed by atoms with van der Waals surface area (Å²) in [7, 11) is 1.82. The molecule has 0 aromatic carbocycles. The molecule has 0 bridgehead atoms. The quantitative estimate of drug-likeness (QED) is 0.782. The summed E-state index contributed by atoms with van der Waals surface area (Å²) in [5.74, 6) is -0.784. The Morgan fingerprint density at radius 3 is 2.45 bits per heavy atom. The lowest BCUT2D eigenvalue weighted by molar-refractivity contribution is -0.140. The number of rotatable bonds is 3. The van der Waals surface area contributed by atoms with E-state index in [-0.39, 0.29) is 42.5 Å². The van der Waals surface area contributed by atoms with Gasteiger partial charge in [0.2, 0.25) is 17.7 Å². The molecule has 0 spiro atoms. The second-order valence-electron chi connectivity index (χ2n) is 5.88. The van der Waals surface area contributed by atoms with Gasteiger partial charge in [0.25, 0.3) is 0 Å². The third kappa shape index (κ3) is 2.77. The Bertz CT molecular complexity index is 652. The molecule has 2 heterocycles. The molecule has 2 fully saturated rings. The Labute approximate surface area is 132 Å². The normalized spacial score (nSPS) is 25.7. The largest absolute Gasteiger partial charge is 0.327 e. The first-order chi connectivity index (χ1) is 10.6. The molecule has 0 N–H and O–H groups in total. The molecule has 22 heavy (non-hydrogen) atoms. The molecule has 0 radical (unpaired) electrons. The highest BCUT2D eigenvalue weighted by Gasteiger charge is 2.47. The van der Waals surface area contributed by atoms with Crippen LogP contribution in [0.25, 0.3) is 0 Å². The molecule has 3 amide bonds. The lowest BCUT2D eigenvalue weighted by atomic mass is 9.81. The zero-order valence-electron chi connectivity index (χ0n) is 12.5. The van der Waals surface area contributed by atoms with Gasteiger partial charge in [-0.05, 0) is 12.8 Å². The van der Waals surface area contributed by atoms with Gasteiger partial charge in [-0.1, -0.05) is 12.8 Å². The van der Waals surface area contributed by atoms with Crippen LogP contribution in [-0.4, -0.2) is 33.7 Å². The maximum absolute atomic E-state index is 12.3. The molecule has 2 atom stereocenters. The first kappa shape index (κ1) is 15.1. The van der Waals surface area contributed by atoms with Gasteiger partial charge in [-0.25, -0.2) is 0 Å². The second-order valence-corrected chi connectivity index (χ2v) is 6.75. The lowest BCUT2D eigenvalue weighted by Crippen LogP contribution is -2.33. The molecule has 1 saturated carbocycles. The van der Waals surface area contributed by atoms with Crippen LogP contribution in [-0.2, 0) is 21.4 Å². The van der Waals surface area contributed by atoms with Crippen molar-refractivity contribution in [2.24, 2.45) is 23.9 Å². The molecule has 2 aliphatic rings. The Hall–Kier alpha value is -1.76. The van der Waals surface area contributed by atoms with E-state index in [0.29, 0.717) is 4.80 Å². The molecule has 7 heteroatoms. The van der Waals surface area contributed by atoms with Crippen LogP contribution in [0.3, 0.4) is 0 Å². The van der Waals surface area contributed by atoms with Crippen molar-refractivity contribution in [2.45, 2.75) is 32.1 Å². The van der Waals surface area contributed by atoms with Crippen LogP contribution in [0.2, 0.25) is 0 Å². The van der Waals surface area contributed by atoms with E-state index in [1.54, 1.807) is 4.57 Å². The van der Waals surface area contributed by atoms with Crippen LogP contribution in [0.15, 0.2) is 16.6 Å². The van der Waals surface area contributed by atoms with Crippen LogP contribution >= 0.6 is 11.3 Å². The summed E-state index contributed by atoms with van der Waals surface area (Å²) < 4.78 is 1.77. The van der Waals surface area contributed by atoms with E-state index >= 15 is 0 Å². The van der Waals surface area contributed by atoms with Crippen molar-refractivity contribution in [3.63, 3.8) is 0 Å². The average molecular weight is 321 g/mol. The lowest BCUT2D eigenvalue weighted by Gasteiger charge is -2.19. The standard InChI is InChI=1S/C15H19N3O3S/c1-17-8-9-22-15(17)16-12(19)6-7-18-13(20)10-4-2-3-5-11(10)14(18)21/h8-11H,2-7H2,1H3. The number of hydrogen-bond donors (Lipinski definition) is 0. The Morgan fingerprint density at radius 1 is 1.27 bits per heavy atom. The number of amides is 3. The molecule has 6 nitrogen and oxygen atoms in total. The minimum atomic E-state index is -0.298.